The van der Waals surface area contributed by atoms with Crippen LogP contribution in [0.1, 0.15) is 32.1 Å². The molecule has 1 amide bonds. The van der Waals surface area contributed by atoms with Gasteiger partial charge in [-0.2, -0.15) is 0 Å². The SMILES string of the molecule is O=C(O)CCCCCNC(=O)CC1=CSC2=NCCN12. The number of aliphatic imine (C=N–C) groups is 1. The molecule has 2 rings (SSSR count). The number of nitrogens with zero attached hydrogens (tertiary/aromatic N) is 2. The summed E-state index contributed by atoms with van der Waals surface area (Å²) in [5, 5.41) is 14.4. The maximum atomic E-state index is 11.8. The van der Waals surface area contributed by atoms with Crippen molar-refractivity contribution in [3.63, 3.8) is 0 Å². The Balaban J connectivity index is 1.57. The van der Waals surface area contributed by atoms with Crippen LogP contribution >= 0.6 is 11.8 Å². The van der Waals surface area contributed by atoms with E-state index >= 15 is 0 Å². The predicted molar refractivity (Wildman–Crippen MR) is 78.4 cm³/mol. The van der Waals surface area contributed by atoms with Crippen molar-refractivity contribution in [3.05, 3.63) is 11.1 Å². The number of carboxylic acid groups (broad SMARTS) is 1. The molecule has 2 N–H and O–H groups in total. The number of hydrogen-bond acceptors (Lipinski definition) is 5. The van der Waals surface area contributed by atoms with E-state index in [0.29, 0.717) is 19.4 Å². The van der Waals surface area contributed by atoms with Crippen molar-refractivity contribution in [2.75, 3.05) is 19.6 Å². The van der Waals surface area contributed by atoms with Gasteiger partial charge in [-0.3, -0.25) is 14.6 Å². The van der Waals surface area contributed by atoms with Gasteiger partial charge in [0.2, 0.25) is 5.91 Å². The molecule has 0 bridgehead atoms. The second-order valence-electron chi connectivity index (χ2n) is 4.77. The number of nitrogens with one attached hydrogen (secondary N) is 1. The molecule has 2 heterocycles. The van der Waals surface area contributed by atoms with Crippen LogP contribution in [-0.4, -0.2) is 46.7 Å². The summed E-state index contributed by atoms with van der Waals surface area (Å²) in [5.41, 5.74) is 1.02. The molecule has 0 atom stereocenters. The molecular formula is C13H19N3O3S. The molecule has 7 heteroatoms. The molecule has 2 aliphatic heterocycles. The van der Waals surface area contributed by atoms with Gasteiger partial charge in [-0.1, -0.05) is 18.2 Å². The number of fused-ring (bicyclic) bond motifs is 1. The van der Waals surface area contributed by atoms with Crippen LogP contribution in [0.2, 0.25) is 0 Å². The van der Waals surface area contributed by atoms with Gasteiger partial charge in [0, 0.05) is 25.2 Å². The highest BCUT2D eigenvalue weighted by Gasteiger charge is 2.27. The fourth-order valence-corrected chi connectivity index (χ4v) is 3.10. The Kier molecular flexibility index (Phi) is 5.46. The van der Waals surface area contributed by atoms with E-state index in [4.69, 9.17) is 5.11 Å². The van der Waals surface area contributed by atoms with Gasteiger partial charge in [-0.25, -0.2) is 0 Å². The third-order valence-electron chi connectivity index (χ3n) is 3.18. The topological polar surface area (TPSA) is 82.0 Å². The monoisotopic (exact) mass is 297 g/mol. The van der Waals surface area contributed by atoms with E-state index in [9.17, 15) is 9.59 Å². The van der Waals surface area contributed by atoms with E-state index in [2.05, 4.69) is 15.2 Å². The first-order valence-electron chi connectivity index (χ1n) is 6.83. The number of unbranched alkanes of at least 4 members (excludes halogenated alkanes) is 2. The second-order valence-corrected chi connectivity index (χ2v) is 5.61. The highest BCUT2D eigenvalue weighted by atomic mass is 32.2. The number of carboxylic acids is 1. The zero-order chi connectivity index (χ0) is 14.4. The minimum absolute atomic E-state index is 0.0169. The predicted octanol–water partition coefficient (Wildman–Crippen LogP) is 1.40. The van der Waals surface area contributed by atoms with Gasteiger partial charge in [0.15, 0.2) is 5.17 Å². The zero-order valence-electron chi connectivity index (χ0n) is 11.3. The Bertz CT molecular complexity index is 448. The van der Waals surface area contributed by atoms with Crippen LogP contribution in [0.25, 0.3) is 0 Å². The van der Waals surface area contributed by atoms with Crippen molar-refractivity contribution in [2.24, 2.45) is 4.99 Å². The van der Waals surface area contributed by atoms with Crippen molar-refractivity contribution in [2.45, 2.75) is 32.1 Å². The van der Waals surface area contributed by atoms with Gasteiger partial charge in [-0.15, -0.1) is 0 Å². The number of aliphatic carboxylic acids is 1. The minimum Gasteiger partial charge on any atom is -0.481 e. The molecule has 0 fully saturated rings. The summed E-state index contributed by atoms with van der Waals surface area (Å²) in [7, 11) is 0. The standard InChI is InChI=1S/C13H19N3O3S/c17-11(14-5-3-1-2-4-12(18)19)8-10-9-20-13-15-6-7-16(10)13/h9H,1-8H2,(H,14,17)(H,18,19). The first kappa shape index (κ1) is 14.9. The van der Waals surface area contributed by atoms with E-state index in [1.54, 1.807) is 11.8 Å². The van der Waals surface area contributed by atoms with Crippen molar-refractivity contribution in [1.29, 1.82) is 0 Å². The van der Waals surface area contributed by atoms with Gasteiger partial charge in [0.05, 0.1) is 13.0 Å². The van der Waals surface area contributed by atoms with Crippen LogP contribution in [0.3, 0.4) is 0 Å². The number of carbonyl (C=O) groups excluding carboxylic acids is 1. The van der Waals surface area contributed by atoms with Crippen LogP contribution in [0.5, 0.6) is 0 Å². The molecular weight excluding hydrogens is 278 g/mol. The number of amidine groups is 1. The first-order chi connectivity index (χ1) is 9.66. The Morgan fingerprint density at radius 1 is 1.40 bits per heavy atom. The van der Waals surface area contributed by atoms with Crippen LogP contribution in [0, 0.1) is 0 Å². The lowest BCUT2D eigenvalue weighted by molar-refractivity contribution is -0.137. The van der Waals surface area contributed by atoms with Gasteiger partial charge in [0.25, 0.3) is 0 Å². The van der Waals surface area contributed by atoms with E-state index in [-0.39, 0.29) is 12.3 Å². The summed E-state index contributed by atoms with van der Waals surface area (Å²) >= 11 is 1.58. The summed E-state index contributed by atoms with van der Waals surface area (Å²) in [4.78, 5) is 28.6. The fraction of sp³-hybridized carbons (Fsp3) is 0.615. The number of rotatable bonds is 8. The van der Waals surface area contributed by atoms with E-state index in [0.717, 1.165) is 36.8 Å². The van der Waals surface area contributed by atoms with Gasteiger partial charge in [-0.05, 0) is 18.2 Å². The fourth-order valence-electron chi connectivity index (χ4n) is 2.15. The van der Waals surface area contributed by atoms with Crippen LogP contribution < -0.4 is 5.32 Å². The highest BCUT2D eigenvalue weighted by Crippen LogP contribution is 2.30. The number of carbonyl (C=O) groups is 2. The van der Waals surface area contributed by atoms with Gasteiger partial charge >= 0.3 is 5.97 Å². The molecule has 0 radical (unpaired) electrons. The minimum atomic E-state index is -0.761. The largest absolute Gasteiger partial charge is 0.481 e. The van der Waals surface area contributed by atoms with Gasteiger partial charge < -0.3 is 15.3 Å². The summed E-state index contributed by atoms with van der Waals surface area (Å²) in [5.74, 6) is -0.744. The quantitative estimate of drug-likeness (QED) is 0.662. The normalized spacial score (nSPS) is 16.7. The van der Waals surface area contributed by atoms with E-state index in [1.807, 2.05) is 5.41 Å². The Labute approximate surface area is 122 Å². The van der Waals surface area contributed by atoms with E-state index in [1.165, 1.54) is 0 Å². The summed E-state index contributed by atoms with van der Waals surface area (Å²) < 4.78 is 0. The molecule has 0 saturated carbocycles. The van der Waals surface area contributed by atoms with Crippen molar-refractivity contribution < 1.29 is 14.7 Å². The molecule has 0 spiro atoms. The van der Waals surface area contributed by atoms with Gasteiger partial charge in [0.1, 0.15) is 0 Å². The number of hydrogen-bond donors (Lipinski definition) is 2. The highest BCUT2D eigenvalue weighted by molar-refractivity contribution is 8.16. The van der Waals surface area contributed by atoms with Crippen molar-refractivity contribution in [3.8, 4) is 0 Å². The van der Waals surface area contributed by atoms with E-state index < -0.39 is 5.97 Å². The third kappa shape index (κ3) is 4.26. The molecule has 2 aliphatic rings. The average Bonchev–Trinajstić information content (AvgIpc) is 2.98. The lowest BCUT2D eigenvalue weighted by Gasteiger charge is -2.16. The van der Waals surface area contributed by atoms with Crippen molar-refractivity contribution >= 4 is 28.8 Å². The maximum absolute atomic E-state index is 11.8. The Morgan fingerprint density at radius 2 is 2.25 bits per heavy atom. The molecule has 0 aromatic carbocycles. The molecule has 0 saturated heterocycles. The Hall–Kier alpha value is -1.50. The molecule has 0 unspecified atom stereocenters. The Morgan fingerprint density at radius 3 is 3.05 bits per heavy atom. The molecule has 0 aliphatic carbocycles. The number of amides is 1. The maximum Gasteiger partial charge on any atom is 0.303 e. The van der Waals surface area contributed by atoms with Crippen LogP contribution in [-0.2, 0) is 9.59 Å². The molecule has 0 aromatic heterocycles. The molecule has 20 heavy (non-hydrogen) atoms. The smallest absolute Gasteiger partial charge is 0.303 e. The summed E-state index contributed by atoms with van der Waals surface area (Å²) in [6.45, 7) is 2.29. The first-order valence-corrected chi connectivity index (χ1v) is 7.71. The zero-order valence-corrected chi connectivity index (χ0v) is 12.1. The second kappa shape index (κ2) is 7.33. The summed E-state index contributed by atoms with van der Waals surface area (Å²) in [6.07, 6.45) is 2.91. The van der Waals surface area contributed by atoms with Crippen LogP contribution in [0.15, 0.2) is 16.1 Å². The van der Waals surface area contributed by atoms with Crippen molar-refractivity contribution in [1.82, 2.24) is 10.2 Å². The third-order valence-corrected chi connectivity index (χ3v) is 4.13. The lowest BCUT2D eigenvalue weighted by Crippen LogP contribution is -2.29. The number of thioether (sulfide) groups is 1. The molecule has 110 valence electrons. The average molecular weight is 297 g/mol. The molecule has 6 nitrogen and oxygen atoms in total. The summed E-state index contributed by atoms with van der Waals surface area (Å²) in [6, 6.07) is 0. The molecule has 0 aromatic rings. The van der Waals surface area contributed by atoms with Crippen LogP contribution in [0.4, 0.5) is 0 Å². The lowest BCUT2D eigenvalue weighted by atomic mass is 10.2.